The number of allylic oxidation sites excluding steroid dienone is 1. The van der Waals surface area contributed by atoms with Gasteiger partial charge in [0.15, 0.2) is 5.78 Å². The second kappa shape index (κ2) is 4.44. The molecule has 1 aliphatic carbocycles. The molecule has 4 nitrogen and oxygen atoms in total. The first-order valence-electron chi connectivity index (χ1n) is 5.82. The lowest BCUT2D eigenvalue weighted by Crippen LogP contribution is -1.97. The van der Waals surface area contributed by atoms with Crippen LogP contribution >= 0.6 is 0 Å². The van der Waals surface area contributed by atoms with E-state index in [-0.39, 0.29) is 5.78 Å². The highest BCUT2D eigenvalue weighted by molar-refractivity contribution is 6.39. The van der Waals surface area contributed by atoms with Crippen molar-refractivity contribution in [3.8, 4) is 0 Å². The van der Waals surface area contributed by atoms with E-state index in [0.29, 0.717) is 22.4 Å². The van der Waals surface area contributed by atoms with Crippen LogP contribution in [0.2, 0.25) is 0 Å². The molecule has 0 aromatic heterocycles. The molecule has 0 amide bonds. The molecule has 0 N–H and O–H groups in total. The zero-order valence-electron chi connectivity index (χ0n) is 9.95. The molecule has 0 saturated carbocycles. The van der Waals surface area contributed by atoms with Gasteiger partial charge in [-0.25, -0.2) is 0 Å². The minimum Gasteiger partial charge on any atom is -0.289 e. The number of rotatable bonds is 2. The van der Waals surface area contributed by atoms with Crippen LogP contribution in [0.5, 0.6) is 0 Å². The maximum Gasteiger partial charge on any atom is 0.194 e. The Hall–Kier alpha value is -2.84. The van der Waals surface area contributed by atoms with Gasteiger partial charge in [0.2, 0.25) is 0 Å². The molecule has 0 saturated heterocycles. The van der Waals surface area contributed by atoms with E-state index in [9.17, 15) is 4.79 Å². The number of nitrogens with zero attached hydrogens (tertiary/aromatic N) is 3. The molecule has 0 spiro atoms. The quantitative estimate of drug-likeness (QED) is 0.448. The average molecular weight is 247 g/mol. The first-order valence-corrected chi connectivity index (χ1v) is 5.82. The molecule has 0 fully saturated rings. The van der Waals surface area contributed by atoms with Crippen LogP contribution in [0.1, 0.15) is 21.5 Å². The number of azide groups is 1. The molecule has 1 aliphatic rings. The number of ketones is 1. The summed E-state index contributed by atoms with van der Waals surface area (Å²) in [5.74, 6) is -0.0933. The highest BCUT2D eigenvalue weighted by Crippen LogP contribution is 2.38. The van der Waals surface area contributed by atoms with E-state index in [1.807, 2.05) is 36.4 Å². The predicted molar refractivity (Wildman–Crippen MR) is 73.2 cm³/mol. The number of hydrogen-bond acceptors (Lipinski definition) is 2. The summed E-state index contributed by atoms with van der Waals surface area (Å²) in [6, 6.07) is 16.4. The Morgan fingerprint density at radius 3 is 2.21 bits per heavy atom. The molecule has 3 rings (SSSR count). The predicted octanol–water partition coefficient (Wildman–Crippen LogP) is 4.06. The van der Waals surface area contributed by atoms with E-state index in [4.69, 9.17) is 5.53 Å². The number of carbonyl (C=O) groups is 1. The second-order valence-electron chi connectivity index (χ2n) is 4.15. The van der Waals surface area contributed by atoms with Crippen LogP contribution in [0.4, 0.5) is 0 Å². The van der Waals surface area contributed by atoms with Crippen LogP contribution in [0.15, 0.2) is 59.7 Å². The number of fused-ring (bicyclic) bond motifs is 1. The van der Waals surface area contributed by atoms with Crippen LogP contribution in [0.3, 0.4) is 0 Å². The molecule has 2 aromatic rings. The maximum atomic E-state index is 12.4. The van der Waals surface area contributed by atoms with Crippen LogP contribution in [0.25, 0.3) is 21.7 Å². The van der Waals surface area contributed by atoms with Crippen molar-refractivity contribution >= 4 is 17.1 Å². The highest BCUT2D eigenvalue weighted by Gasteiger charge is 2.29. The van der Waals surface area contributed by atoms with Crippen molar-refractivity contribution in [1.29, 1.82) is 0 Å². The Bertz CT molecular complexity index is 741. The van der Waals surface area contributed by atoms with Gasteiger partial charge < -0.3 is 0 Å². The summed E-state index contributed by atoms with van der Waals surface area (Å²) >= 11 is 0. The highest BCUT2D eigenvalue weighted by atomic mass is 16.1. The summed E-state index contributed by atoms with van der Waals surface area (Å²) in [5, 5.41) is 3.71. The van der Waals surface area contributed by atoms with Gasteiger partial charge in [-0.15, -0.1) is 0 Å². The maximum absolute atomic E-state index is 12.4. The summed E-state index contributed by atoms with van der Waals surface area (Å²) in [4.78, 5) is 15.3. The topological polar surface area (TPSA) is 65.8 Å². The van der Waals surface area contributed by atoms with E-state index >= 15 is 0 Å². The minimum atomic E-state index is -0.0933. The number of hydrogen-bond donors (Lipinski definition) is 0. The molecule has 90 valence electrons. The molecule has 0 atom stereocenters. The summed E-state index contributed by atoms with van der Waals surface area (Å²) in [6.45, 7) is 0. The zero-order chi connectivity index (χ0) is 13.2. The smallest absolute Gasteiger partial charge is 0.194 e. The third kappa shape index (κ3) is 1.71. The van der Waals surface area contributed by atoms with Gasteiger partial charge in [-0.2, -0.15) is 0 Å². The molecule has 0 bridgehead atoms. The third-order valence-electron chi connectivity index (χ3n) is 3.10. The second-order valence-corrected chi connectivity index (χ2v) is 4.15. The Morgan fingerprint density at radius 2 is 1.53 bits per heavy atom. The van der Waals surface area contributed by atoms with Crippen molar-refractivity contribution in [2.75, 3.05) is 0 Å². The first-order chi connectivity index (χ1) is 9.33. The fourth-order valence-corrected chi connectivity index (χ4v) is 2.29. The monoisotopic (exact) mass is 247 g/mol. The largest absolute Gasteiger partial charge is 0.289 e. The number of Topliss-reactive ketones (excluding diaryl/α,β-unsaturated/α-hetero) is 1. The Labute approximate surface area is 109 Å². The van der Waals surface area contributed by atoms with Crippen molar-refractivity contribution < 1.29 is 4.79 Å². The summed E-state index contributed by atoms with van der Waals surface area (Å²) in [5.41, 5.74) is 11.7. The fourth-order valence-electron chi connectivity index (χ4n) is 2.29. The molecule has 2 aromatic carbocycles. The Morgan fingerprint density at radius 1 is 0.895 bits per heavy atom. The fraction of sp³-hybridized carbons (Fsp3) is 0. The van der Waals surface area contributed by atoms with Gasteiger partial charge >= 0.3 is 0 Å². The molecular weight excluding hydrogens is 238 g/mol. The molecular formula is C15H9N3O. The number of carbonyl (C=O) groups excluding carboxylic acids is 1. The lowest BCUT2D eigenvalue weighted by molar-refractivity contribution is 0.105. The average Bonchev–Trinajstić information content (AvgIpc) is 2.74. The van der Waals surface area contributed by atoms with E-state index in [1.165, 1.54) is 0 Å². The SMILES string of the molecule is [N-]=[N+]=NC1=C(c2ccccc2)C(=O)c2ccccc21. The first kappa shape index (κ1) is 11.3. The zero-order valence-corrected chi connectivity index (χ0v) is 9.95. The van der Waals surface area contributed by atoms with Crippen molar-refractivity contribution in [2.24, 2.45) is 5.11 Å². The van der Waals surface area contributed by atoms with Crippen LogP contribution < -0.4 is 0 Å². The van der Waals surface area contributed by atoms with Crippen molar-refractivity contribution in [3.05, 3.63) is 81.7 Å². The van der Waals surface area contributed by atoms with Gasteiger partial charge in [0.05, 0.1) is 5.70 Å². The molecule has 19 heavy (non-hydrogen) atoms. The van der Waals surface area contributed by atoms with E-state index in [2.05, 4.69) is 10.0 Å². The summed E-state index contributed by atoms with van der Waals surface area (Å²) in [6.07, 6.45) is 0. The van der Waals surface area contributed by atoms with E-state index in [0.717, 1.165) is 5.56 Å². The summed E-state index contributed by atoms with van der Waals surface area (Å²) in [7, 11) is 0. The molecule has 0 radical (unpaired) electrons. The van der Waals surface area contributed by atoms with Crippen molar-refractivity contribution in [1.82, 2.24) is 0 Å². The van der Waals surface area contributed by atoms with Gasteiger partial charge in [0.1, 0.15) is 0 Å². The normalized spacial score (nSPS) is 13.2. The van der Waals surface area contributed by atoms with Gasteiger partial charge in [-0.05, 0) is 16.7 Å². The van der Waals surface area contributed by atoms with Crippen molar-refractivity contribution in [3.63, 3.8) is 0 Å². The van der Waals surface area contributed by atoms with Gasteiger partial charge in [0, 0.05) is 16.0 Å². The number of benzene rings is 2. The lowest BCUT2D eigenvalue weighted by atomic mass is 10.0. The Kier molecular flexibility index (Phi) is 2.63. The van der Waals surface area contributed by atoms with E-state index in [1.54, 1.807) is 18.2 Å². The molecule has 0 unspecified atom stereocenters. The molecule has 0 aliphatic heterocycles. The van der Waals surface area contributed by atoms with Crippen LogP contribution in [-0.4, -0.2) is 5.78 Å². The minimum absolute atomic E-state index is 0.0933. The van der Waals surface area contributed by atoms with Gasteiger partial charge in [-0.1, -0.05) is 59.7 Å². The van der Waals surface area contributed by atoms with Crippen LogP contribution in [-0.2, 0) is 0 Å². The van der Waals surface area contributed by atoms with E-state index < -0.39 is 0 Å². The van der Waals surface area contributed by atoms with Gasteiger partial charge in [0.25, 0.3) is 0 Å². The third-order valence-corrected chi connectivity index (χ3v) is 3.10. The standard InChI is InChI=1S/C15H9N3O/c16-18-17-14-11-8-4-5-9-12(11)15(19)13(14)10-6-2-1-3-7-10/h1-9H. The Balaban J connectivity index is 2.30. The lowest BCUT2D eigenvalue weighted by Gasteiger charge is -2.02. The molecule has 0 heterocycles. The van der Waals surface area contributed by atoms with Gasteiger partial charge in [-0.3, -0.25) is 4.79 Å². The van der Waals surface area contributed by atoms with Crippen molar-refractivity contribution in [2.45, 2.75) is 0 Å². The van der Waals surface area contributed by atoms with Crippen LogP contribution in [0, 0.1) is 0 Å². The summed E-state index contributed by atoms with van der Waals surface area (Å²) < 4.78 is 0. The molecule has 4 heteroatoms.